The van der Waals surface area contributed by atoms with Gasteiger partial charge in [0.25, 0.3) is 0 Å². The number of nitrogens with two attached hydrogens (primary N) is 1. The topological polar surface area (TPSA) is 56.7 Å². The Hall–Kier alpha value is -1.75. The van der Waals surface area contributed by atoms with Gasteiger partial charge in [-0.25, -0.2) is 9.07 Å². The zero-order valence-corrected chi connectivity index (χ0v) is 11.3. The van der Waals surface area contributed by atoms with Crippen LogP contribution < -0.4 is 5.73 Å². The number of aryl methyl sites for hydroxylation is 1. The molecule has 1 aromatic heterocycles. The number of halogens is 1. The van der Waals surface area contributed by atoms with Crippen molar-refractivity contribution in [2.45, 2.75) is 33.4 Å². The molecule has 0 saturated heterocycles. The lowest BCUT2D eigenvalue weighted by atomic mass is 10.1. The number of hydrogen-bond donors (Lipinski definition) is 1. The van der Waals surface area contributed by atoms with Crippen LogP contribution in [0.15, 0.2) is 24.3 Å². The molecule has 0 bridgehead atoms. The normalized spacial score (nSPS) is 11.2. The molecular weight excluding hydrogens is 243 g/mol. The van der Waals surface area contributed by atoms with Crippen molar-refractivity contribution in [1.82, 2.24) is 15.0 Å². The summed E-state index contributed by atoms with van der Waals surface area (Å²) in [6, 6.07) is 6.65. The first-order valence-electron chi connectivity index (χ1n) is 6.50. The zero-order chi connectivity index (χ0) is 13.8. The Kier molecular flexibility index (Phi) is 4.27. The molecule has 0 atom stereocenters. The second-order valence-corrected chi connectivity index (χ2v) is 4.97. The summed E-state index contributed by atoms with van der Waals surface area (Å²) in [5, 5.41) is 8.15. The van der Waals surface area contributed by atoms with E-state index < -0.39 is 0 Å². The highest BCUT2D eigenvalue weighted by molar-refractivity contribution is 5.62. The van der Waals surface area contributed by atoms with Gasteiger partial charge < -0.3 is 5.73 Å². The van der Waals surface area contributed by atoms with E-state index in [0.29, 0.717) is 29.4 Å². The van der Waals surface area contributed by atoms with Gasteiger partial charge in [0.1, 0.15) is 11.5 Å². The third-order valence-electron chi connectivity index (χ3n) is 3.05. The first kappa shape index (κ1) is 13.7. The molecule has 5 heteroatoms. The fraction of sp³-hybridized carbons (Fsp3) is 0.429. The van der Waals surface area contributed by atoms with Crippen LogP contribution in [0.25, 0.3) is 11.3 Å². The molecular formula is C14H19FN4. The van der Waals surface area contributed by atoms with Crippen LogP contribution in [0.3, 0.4) is 0 Å². The van der Waals surface area contributed by atoms with Gasteiger partial charge in [-0.15, -0.1) is 5.10 Å². The Morgan fingerprint density at radius 2 is 2.05 bits per heavy atom. The van der Waals surface area contributed by atoms with E-state index in [2.05, 4.69) is 24.2 Å². The van der Waals surface area contributed by atoms with Gasteiger partial charge in [-0.2, -0.15) is 0 Å². The minimum atomic E-state index is -0.273. The summed E-state index contributed by atoms with van der Waals surface area (Å²) in [5.41, 5.74) is 7.51. The maximum Gasteiger partial charge on any atom is 0.132 e. The third-order valence-corrected chi connectivity index (χ3v) is 3.05. The predicted octanol–water partition coefficient (Wildman–Crippen LogP) is 2.59. The Morgan fingerprint density at radius 1 is 1.32 bits per heavy atom. The minimum Gasteiger partial charge on any atom is -0.325 e. The average Bonchev–Trinajstić information content (AvgIpc) is 2.79. The first-order chi connectivity index (χ1) is 9.13. The summed E-state index contributed by atoms with van der Waals surface area (Å²) in [5.74, 6) is 0.282. The van der Waals surface area contributed by atoms with Crippen molar-refractivity contribution in [3.8, 4) is 11.3 Å². The van der Waals surface area contributed by atoms with Crippen LogP contribution in [0.5, 0.6) is 0 Å². The van der Waals surface area contributed by atoms with Crippen molar-refractivity contribution in [3.05, 3.63) is 35.8 Å². The van der Waals surface area contributed by atoms with E-state index in [-0.39, 0.29) is 12.4 Å². The molecule has 2 rings (SSSR count). The molecule has 0 amide bonds. The van der Waals surface area contributed by atoms with Crippen LogP contribution in [0.1, 0.15) is 26.0 Å². The monoisotopic (exact) mass is 262 g/mol. The van der Waals surface area contributed by atoms with Crippen molar-refractivity contribution in [2.75, 3.05) is 0 Å². The van der Waals surface area contributed by atoms with Crippen molar-refractivity contribution in [3.63, 3.8) is 0 Å². The zero-order valence-electron chi connectivity index (χ0n) is 11.3. The second kappa shape index (κ2) is 5.93. The van der Waals surface area contributed by atoms with Gasteiger partial charge in [0.15, 0.2) is 0 Å². The molecule has 2 N–H and O–H groups in total. The molecule has 0 spiro atoms. The molecule has 0 aliphatic carbocycles. The number of nitrogens with zero attached hydrogens (tertiary/aromatic N) is 3. The Balaban J connectivity index is 2.42. The maximum atomic E-state index is 13.9. The molecule has 0 aliphatic rings. The van der Waals surface area contributed by atoms with E-state index in [4.69, 9.17) is 5.73 Å². The lowest BCUT2D eigenvalue weighted by Crippen LogP contribution is -2.07. The molecule has 1 heterocycles. The average molecular weight is 262 g/mol. The summed E-state index contributed by atoms with van der Waals surface area (Å²) < 4.78 is 15.7. The summed E-state index contributed by atoms with van der Waals surface area (Å²) in [6.45, 7) is 5.26. The van der Waals surface area contributed by atoms with E-state index in [1.807, 2.05) is 0 Å². The summed E-state index contributed by atoms with van der Waals surface area (Å²) in [6.07, 6.45) is 0.967. The standard InChI is InChI=1S/C14H19FN4/c1-10(2)7-8-19-14(13(9-16)17-18-19)11-5-3-4-6-12(11)15/h3-6,10H,7-9,16H2,1-2H3. The highest BCUT2D eigenvalue weighted by Gasteiger charge is 2.16. The highest BCUT2D eigenvalue weighted by atomic mass is 19.1. The largest absolute Gasteiger partial charge is 0.325 e. The van der Waals surface area contributed by atoms with Crippen LogP contribution in [-0.2, 0) is 13.1 Å². The van der Waals surface area contributed by atoms with Crippen LogP contribution in [0.2, 0.25) is 0 Å². The van der Waals surface area contributed by atoms with Gasteiger partial charge in [0.05, 0.1) is 5.69 Å². The SMILES string of the molecule is CC(C)CCn1nnc(CN)c1-c1ccccc1F. The van der Waals surface area contributed by atoms with E-state index in [9.17, 15) is 4.39 Å². The van der Waals surface area contributed by atoms with E-state index in [1.165, 1.54) is 6.07 Å². The molecule has 0 unspecified atom stereocenters. The molecule has 0 radical (unpaired) electrons. The van der Waals surface area contributed by atoms with Gasteiger partial charge in [0, 0.05) is 18.7 Å². The fourth-order valence-electron chi connectivity index (χ4n) is 1.97. The molecule has 0 aliphatic heterocycles. The minimum absolute atomic E-state index is 0.255. The fourth-order valence-corrected chi connectivity index (χ4v) is 1.97. The quantitative estimate of drug-likeness (QED) is 0.901. The molecule has 4 nitrogen and oxygen atoms in total. The summed E-state index contributed by atoms with van der Waals surface area (Å²) in [7, 11) is 0. The second-order valence-electron chi connectivity index (χ2n) is 4.97. The number of benzene rings is 1. The van der Waals surface area contributed by atoms with Crippen molar-refractivity contribution >= 4 is 0 Å². The van der Waals surface area contributed by atoms with Crippen molar-refractivity contribution < 1.29 is 4.39 Å². The van der Waals surface area contributed by atoms with Crippen molar-refractivity contribution in [1.29, 1.82) is 0 Å². The van der Waals surface area contributed by atoms with E-state index in [0.717, 1.165) is 6.42 Å². The molecule has 102 valence electrons. The third kappa shape index (κ3) is 2.98. The summed E-state index contributed by atoms with van der Waals surface area (Å²) in [4.78, 5) is 0. The van der Waals surface area contributed by atoms with Gasteiger partial charge in [-0.3, -0.25) is 0 Å². The van der Waals surface area contributed by atoms with Gasteiger partial charge in [-0.05, 0) is 24.5 Å². The molecule has 1 aromatic carbocycles. The predicted molar refractivity (Wildman–Crippen MR) is 72.8 cm³/mol. The van der Waals surface area contributed by atoms with Crippen LogP contribution in [0.4, 0.5) is 4.39 Å². The number of hydrogen-bond acceptors (Lipinski definition) is 3. The number of rotatable bonds is 5. The lowest BCUT2D eigenvalue weighted by molar-refractivity contribution is 0.480. The highest BCUT2D eigenvalue weighted by Crippen LogP contribution is 2.25. The lowest BCUT2D eigenvalue weighted by Gasteiger charge is -2.10. The van der Waals surface area contributed by atoms with E-state index >= 15 is 0 Å². The van der Waals surface area contributed by atoms with Crippen LogP contribution >= 0.6 is 0 Å². The van der Waals surface area contributed by atoms with Crippen LogP contribution in [0, 0.1) is 11.7 Å². The molecule has 19 heavy (non-hydrogen) atoms. The smallest absolute Gasteiger partial charge is 0.132 e. The molecule has 0 fully saturated rings. The first-order valence-corrected chi connectivity index (χ1v) is 6.50. The Bertz CT molecular complexity index is 548. The molecule has 0 saturated carbocycles. The maximum absolute atomic E-state index is 13.9. The molecule has 2 aromatic rings. The number of aromatic nitrogens is 3. The Morgan fingerprint density at radius 3 is 2.68 bits per heavy atom. The van der Waals surface area contributed by atoms with Gasteiger partial charge in [-0.1, -0.05) is 31.2 Å². The van der Waals surface area contributed by atoms with Crippen molar-refractivity contribution in [2.24, 2.45) is 11.7 Å². The Labute approximate surface area is 112 Å². The van der Waals surface area contributed by atoms with Gasteiger partial charge in [0.2, 0.25) is 0 Å². The summed E-state index contributed by atoms with van der Waals surface area (Å²) >= 11 is 0. The van der Waals surface area contributed by atoms with Gasteiger partial charge >= 0.3 is 0 Å². The van der Waals surface area contributed by atoms with Crippen LogP contribution in [-0.4, -0.2) is 15.0 Å². The van der Waals surface area contributed by atoms with E-state index in [1.54, 1.807) is 22.9 Å².